The Hall–Kier alpha value is -1.39. The minimum Gasteiger partial charge on any atom is -0.377 e. The molecule has 1 fully saturated rings. The number of hydrogen-bond donors (Lipinski definition) is 1. The minimum atomic E-state index is -3.61. The second kappa shape index (κ2) is 6.58. The van der Waals surface area contributed by atoms with E-state index in [1.165, 1.54) is 4.31 Å². The Balaban J connectivity index is 2.40. The van der Waals surface area contributed by atoms with Crippen molar-refractivity contribution in [1.82, 2.24) is 4.31 Å². The third kappa shape index (κ3) is 3.27. The zero-order valence-corrected chi connectivity index (χ0v) is 13.1. The van der Waals surface area contributed by atoms with E-state index in [1.807, 2.05) is 6.92 Å². The smallest absolute Gasteiger partial charge is 0.244 e. The summed E-state index contributed by atoms with van der Waals surface area (Å²) in [5.41, 5.74) is 5.84. The van der Waals surface area contributed by atoms with Gasteiger partial charge in [0, 0.05) is 19.2 Å². The topological polar surface area (TPSA) is 72.6 Å². The molecule has 1 aromatic rings. The minimum absolute atomic E-state index is 0.105. The van der Waals surface area contributed by atoms with E-state index in [0.717, 1.165) is 0 Å². The first-order chi connectivity index (χ1) is 9.98. The van der Waals surface area contributed by atoms with Gasteiger partial charge in [-0.3, -0.25) is 0 Å². The second-order valence-electron chi connectivity index (χ2n) is 4.96. The fourth-order valence-corrected chi connectivity index (χ4v) is 4.06. The van der Waals surface area contributed by atoms with Crippen LogP contribution >= 0.6 is 0 Å². The maximum Gasteiger partial charge on any atom is 0.244 e. The molecule has 1 aliphatic heterocycles. The van der Waals surface area contributed by atoms with Crippen LogP contribution in [0.4, 0.5) is 0 Å². The predicted molar refractivity (Wildman–Crippen MR) is 81.1 cm³/mol. The molecule has 0 bridgehead atoms. The van der Waals surface area contributed by atoms with E-state index in [9.17, 15) is 8.42 Å². The van der Waals surface area contributed by atoms with Crippen molar-refractivity contribution in [1.29, 1.82) is 0 Å². The van der Waals surface area contributed by atoms with Gasteiger partial charge in [-0.1, -0.05) is 24.0 Å². The van der Waals surface area contributed by atoms with Gasteiger partial charge >= 0.3 is 0 Å². The van der Waals surface area contributed by atoms with Gasteiger partial charge in [-0.25, -0.2) is 8.42 Å². The van der Waals surface area contributed by atoms with Crippen LogP contribution in [-0.2, 0) is 14.8 Å². The quantitative estimate of drug-likeness (QED) is 0.838. The van der Waals surface area contributed by atoms with Crippen molar-refractivity contribution in [3.8, 4) is 11.8 Å². The van der Waals surface area contributed by atoms with Crippen molar-refractivity contribution < 1.29 is 13.2 Å². The van der Waals surface area contributed by atoms with E-state index in [0.29, 0.717) is 18.6 Å². The van der Waals surface area contributed by atoms with Gasteiger partial charge in [-0.15, -0.1) is 0 Å². The molecular formula is C15H20N2O3S. The van der Waals surface area contributed by atoms with Crippen LogP contribution < -0.4 is 5.73 Å². The SMILES string of the molecule is CC1OCCC1N(C)S(=O)(=O)c1ccccc1C#CCN. The van der Waals surface area contributed by atoms with Gasteiger partial charge in [0.15, 0.2) is 0 Å². The molecule has 0 radical (unpaired) electrons. The van der Waals surface area contributed by atoms with E-state index in [1.54, 1.807) is 31.3 Å². The van der Waals surface area contributed by atoms with E-state index in [-0.39, 0.29) is 23.6 Å². The highest BCUT2D eigenvalue weighted by molar-refractivity contribution is 7.89. The third-order valence-electron chi connectivity index (χ3n) is 3.67. The van der Waals surface area contributed by atoms with Crippen LogP contribution in [0.1, 0.15) is 18.9 Å². The first-order valence-corrected chi connectivity index (χ1v) is 8.30. The van der Waals surface area contributed by atoms with Crippen LogP contribution in [0.2, 0.25) is 0 Å². The molecule has 1 aromatic carbocycles. The Morgan fingerprint density at radius 2 is 2.14 bits per heavy atom. The Morgan fingerprint density at radius 1 is 1.43 bits per heavy atom. The van der Waals surface area contributed by atoms with Crippen molar-refractivity contribution in [2.24, 2.45) is 5.73 Å². The number of nitrogens with zero attached hydrogens (tertiary/aromatic N) is 1. The van der Waals surface area contributed by atoms with Crippen molar-refractivity contribution in [2.45, 2.75) is 30.4 Å². The van der Waals surface area contributed by atoms with Gasteiger partial charge in [0.05, 0.1) is 23.6 Å². The molecule has 2 atom stereocenters. The van der Waals surface area contributed by atoms with Crippen molar-refractivity contribution in [2.75, 3.05) is 20.2 Å². The predicted octanol–water partition coefficient (Wildman–Crippen LogP) is 0.795. The van der Waals surface area contributed by atoms with Crippen LogP contribution in [0.3, 0.4) is 0 Å². The van der Waals surface area contributed by atoms with Crippen LogP contribution in [0, 0.1) is 11.8 Å². The van der Waals surface area contributed by atoms with Gasteiger partial charge in [0.25, 0.3) is 0 Å². The van der Waals surface area contributed by atoms with E-state index in [4.69, 9.17) is 10.5 Å². The number of nitrogens with two attached hydrogens (primary N) is 1. The lowest BCUT2D eigenvalue weighted by Crippen LogP contribution is -2.41. The highest BCUT2D eigenvalue weighted by Crippen LogP contribution is 2.26. The van der Waals surface area contributed by atoms with Gasteiger partial charge in [0.2, 0.25) is 10.0 Å². The van der Waals surface area contributed by atoms with Gasteiger partial charge in [0.1, 0.15) is 0 Å². The number of hydrogen-bond acceptors (Lipinski definition) is 4. The molecule has 1 saturated heterocycles. The number of sulfonamides is 1. The van der Waals surface area contributed by atoms with Crippen LogP contribution in [-0.4, -0.2) is 45.1 Å². The Morgan fingerprint density at radius 3 is 2.76 bits per heavy atom. The summed E-state index contributed by atoms with van der Waals surface area (Å²) >= 11 is 0. The lowest BCUT2D eigenvalue weighted by molar-refractivity contribution is 0.102. The molecule has 0 spiro atoms. The van der Waals surface area contributed by atoms with Crippen molar-refractivity contribution in [3.05, 3.63) is 29.8 Å². The molecule has 0 aliphatic carbocycles. The van der Waals surface area contributed by atoms with Gasteiger partial charge in [-0.05, 0) is 25.5 Å². The lowest BCUT2D eigenvalue weighted by atomic mass is 10.2. The lowest BCUT2D eigenvalue weighted by Gasteiger charge is -2.26. The van der Waals surface area contributed by atoms with Crippen LogP contribution in [0.25, 0.3) is 0 Å². The average Bonchev–Trinajstić information content (AvgIpc) is 2.90. The molecule has 2 rings (SSSR count). The van der Waals surface area contributed by atoms with Crippen molar-refractivity contribution >= 4 is 10.0 Å². The summed E-state index contributed by atoms with van der Waals surface area (Å²) in [7, 11) is -2.01. The van der Waals surface area contributed by atoms with Crippen molar-refractivity contribution in [3.63, 3.8) is 0 Å². The maximum absolute atomic E-state index is 12.8. The number of benzene rings is 1. The summed E-state index contributed by atoms with van der Waals surface area (Å²) < 4.78 is 32.5. The molecule has 5 nitrogen and oxygen atoms in total. The highest BCUT2D eigenvalue weighted by atomic mass is 32.2. The molecule has 114 valence electrons. The molecule has 1 aliphatic rings. The highest BCUT2D eigenvalue weighted by Gasteiger charge is 2.35. The van der Waals surface area contributed by atoms with E-state index in [2.05, 4.69) is 11.8 Å². The van der Waals surface area contributed by atoms with Gasteiger partial charge in [-0.2, -0.15) is 4.31 Å². The Kier molecular flexibility index (Phi) is 5.01. The monoisotopic (exact) mass is 308 g/mol. The molecule has 1 heterocycles. The fourth-order valence-electron chi connectivity index (χ4n) is 2.47. The first-order valence-electron chi connectivity index (χ1n) is 6.86. The number of ether oxygens (including phenoxy) is 1. The average molecular weight is 308 g/mol. The summed E-state index contributed by atoms with van der Waals surface area (Å²) in [5, 5.41) is 0. The summed E-state index contributed by atoms with van der Waals surface area (Å²) in [6, 6.07) is 6.58. The largest absolute Gasteiger partial charge is 0.377 e. The molecule has 6 heteroatoms. The molecule has 0 amide bonds. The summed E-state index contributed by atoms with van der Waals surface area (Å²) in [5.74, 6) is 5.53. The Labute approximate surface area is 126 Å². The maximum atomic E-state index is 12.8. The Bertz CT molecular complexity index is 661. The van der Waals surface area contributed by atoms with Crippen LogP contribution in [0.5, 0.6) is 0 Å². The number of rotatable bonds is 3. The van der Waals surface area contributed by atoms with Gasteiger partial charge < -0.3 is 10.5 Å². The molecule has 21 heavy (non-hydrogen) atoms. The zero-order valence-electron chi connectivity index (χ0n) is 12.2. The van der Waals surface area contributed by atoms with E-state index < -0.39 is 10.0 Å². The van der Waals surface area contributed by atoms with Crippen LogP contribution in [0.15, 0.2) is 29.2 Å². The molecule has 0 saturated carbocycles. The standard InChI is InChI=1S/C15H20N2O3S/c1-12-14(9-11-20-12)17(2)21(18,19)15-8-4-3-6-13(15)7-5-10-16/h3-4,6,8,12,14H,9-11,16H2,1-2H3. The van der Waals surface area contributed by atoms with E-state index >= 15 is 0 Å². The first kappa shape index (κ1) is 16.0. The zero-order chi connectivity index (χ0) is 15.5. The molecule has 0 aromatic heterocycles. The molecule has 2 N–H and O–H groups in total. The second-order valence-corrected chi connectivity index (χ2v) is 6.92. The molecule has 2 unspecified atom stereocenters. The third-order valence-corrected chi connectivity index (χ3v) is 5.61. The number of likely N-dealkylation sites (N-methyl/N-ethyl adjacent to an activating group) is 1. The summed E-state index contributed by atoms with van der Waals surface area (Å²) in [6.07, 6.45) is 0.597. The summed E-state index contributed by atoms with van der Waals surface area (Å²) in [6.45, 7) is 2.67. The summed E-state index contributed by atoms with van der Waals surface area (Å²) in [4.78, 5) is 0.215. The fraction of sp³-hybridized carbons (Fsp3) is 0.467. The molecular weight excluding hydrogens is 288 g/mol. The normalized spacial score (nSPS) is 22.1.